The fourth-order valence-corrected chi connectivity index (χ4v) is 2.41. The van der Waals surface area contributed by atoms with Crippen molar-refractivity contribution >= 4 is 23.4 Å². The largest absolute Gasteiger partial charge is 0.384 e. The molecule has 0 radical (unpaired) electrons. The lowest BCUT2D eigenvalue weighted by Gasteiger charge is -2.14. The maximum absolute atomic E-state index is 5.79. The van der Waals surface area contributed by atoms with Gasteiger partial charge >= 0.3 is 0 Å². The van der Waals surface area contributed by atoms with Crippen LogP contribution in [0.25, 0.3) is 0 Å². The van der Waals surface area contributed by atoms with Gasteiger partial charge in [0.15, 0.2) is 0 Å². The highest BCUT2D eigenvalue weighted by atomic mass is 32.2. The number of aromatic nitrogens is 2. The van der Waals surface area contributed by atoms with Gasteiger partial charge < -0.3 is 11.1 Å². The lowest BCUT2D eigenvalue weighted by molar-refractivity contribution is 0.776. The number of rotatable bonds is 5. The van der Waals surface area contributed by atoms with Crippen LogP contribution in [0.3, 0.4) is 0 Å². The number of nitrogen functional groups attached to an aromatic ring is 1. The third-order valence-corrected chi connectivity index (χ3v) is 4.53. The first-order chi connectivity index (χ1) is 8.04. The Kier molecular flexibility index (Phi) is 3.47. The van der Waals surface area contributed by atoms with Gasteiger partial charge in [0.05, 0.1) is 0 Å². The van der Waals surface area contributed by atoms with Crippen molar-refractivity contribution < 1.29 is 0 Å². The maximum Gasteiger partial charge on any atom is 0.135 e. The van der Waals surface area contributed by atoms with Crippen molar-refractivity contribution in [1.29, 1.82) is 0 Å². The van der Waals surface area contributed by atoms with Gasteiger partial charge in [0.2, 0.25) is 0 Å². The van der Waals surface area contributed by atoms with E-state index in [0.29, 0.717) is 16.5 Å². The fraction of sp³-hybridized carbons (Fsp3) is 0.667. The van der Waals surface area contributed by atoms with Crippen LogP contribution in [-0.2, 0) is 0 Å². The predicted molar refractivity (Wildman–Crippen MR) is 74.5 cm³/mol. The molecule has 4 nitrogen and oxygen atoms in total. The number of nitrogens with one attached hydrogen (secondary N) is 1. The minimum absolute atomic E-state index is 0.300. The van der Waals surface area contributed by atoms with Crippen LogP contribution in [0.1, 0.15) is 38.4 Å². The lowest BCUT2D eigenvalue weighted by atomic mass is 10.2. The molecule has 0 amide bonds. The van der Waals surface area contributed by atoms with E-state index in [-0.39, 0.29) is 0 Å². The monoisotopic (exact) mass is 252 g/mol. The lowest BCUT2D eigenvalue weighted by Crippen LogP contribution is -2.18. The first-order valence-electron chi connectivity index (χ1n) is 5.98. The molecule has 1 aliphatic rings. The third-order valence-electron chi connectivity index (χ3n) is 3.11. The molecule has 1 heterocycles. The summed E-state index contributed by atoms with van der Waals surface area (Å²) in [5.74, 6) is 2.50. The Morgan fingerprint density at radius 1 is 1.47 bits per heavy atom. The highest BCUT2D eigenvalue weighted by Gasteiger charge is 2.41. The summed E-state index contributed by atoms with van der Waals surface area (Å²) in [7, 11) is 0. The highest BCUT2D eigenvalue weighted by molar-refractivity contribution is 8.00. The van der Waals surface area contributed by atoms with Crippen LogP contribution in [0, 0.1) is 0 Å². The van der Waals surface area contributed by atoms with Crippen molar-refractivity contribution in [2.45, 2.75) is 37.4 Å². The standard InChI is InChI=1S/C12H20N4S/c1-8(2)11-15-9(13)6-10(16-11)14-7-12(17-3)4-5-12/h6,8H,4-5,7H2,1-3H3,(H3,13,14,15,16). The van der Waals surface area contributed by atoms with E-state index in [0.717, 1.165) is 18.2 Å². The van der Waals surface area contributed by atoms with Crippen LogP contribution in [0.4, 0.5) is 11.6 Å². The van der Waals surface area contributed by atoms with Gasteiger partial charge in [-0.2, -0.15) is 11.8 Å². The van der Waals surface area contributed by atoms with Crippen molar-refractivity contribution in [3.8, 4) is 0 Å². The topological polar surface area (TPSA) is 63.8 Å². The number of anilines is 2. The second kappa shape index (κ2) is 4.72. The van der Waals surface area contributed by atoms with Crippen LogP contribution in [-0.4, -0.2) is 27.5 Å². The maximum atomic E-state index is 5.79. The zero-order valence-electron chi connectivity index (χ0n) is 10.7. The summed E-state index contributed by atoms with van der Waals surface area (Å²) in [6.45, 7) is 5.10. The first-order valence-corrected chi connectivity index (χ1v) is 7.21. The summed E-state index contributed by atoms with van der Waals surface area (Å²) in [5.41, 5.74) is 5.79. The van der Waals surface area contributed by atoms with E-state index in [2.05, 4.69) is 35.4 Å². The molecular weight excluding hydrogens is 232 g/mol. The summed E-state index contributed by atoms with van der Waals surface area (Å²) in [4.78, 5) is 8.72. The number of nitrogens with two attached hydrogens (primary N) is 1. The molecule has 5 heteroatoms. The van der Waals surface area contributed by atoms with Gasteiger partial charge in [0.1, 0.15) is 17.5 Å². The molecule has 0 saturated heterocycles. The normalized spacial score (nSPS) is 17.2. The summed E-state index contributed by atoms with van der Waals surface area (Å²) in [6.07, 6.45) is 4.75. The number of thioether (sulfide) groups is 1. The molecule has 0 aliphatic heterocycles. The van der Waals surface area contributed by atoms with E-state index < -0.39 is 0 Å². The SMILES string of the molecule is CSC1(CNc2cc(N)nc(C(C)C)n2)CC1. The molecule has 3 N–H and O–H groups in total. The number of hydrogen-bond acceptors (Lipinski definition) is 5. The minimum atomic E-state index is 0.300. The Morgan fingerprint density at radius 3 is 2.71 bits per heavy atom. The van der Waals surface area contributed by atoms with E-state index in [1.165, 1.54) is 12.8 Å². The molecule has 17 heavy (non-hydrogen) atoms. The molecule has 0 spiro atoms. The molecule has 1 fully saturated rings. The quantitative estimate of drug-likeness (QED) is 0.843. The average molecular weight is 252 g/mol. The Morgan fingerprint density at radius 2 is 2.18 bits per heavy atom. The van der Waals surface area contributed by atoms with E-state index >= 15 is 0 Å². The van der Waals surface area contributed by atoms with Crippen molar-refractivity contribution in [2.75, 3.05) is 23.9 Å². The molecule has 94 valence electrons. The second-order valence-electron chi connectivity index (χ2n) is 4.93. The molecule has 1 aromatic heterocycles. The Labute approximate surface area is 107 Å². The van der Waals surface area contributed by atoms with Crippen LogP contribution < -0.4 is 11.1 Å². The highest BCUT2D eigenvalue weighted by Crippen LogP contribution is 2.46. The summed E-state index contributed by atoms with van der Waals surface area (Å²) in [6, 6.07) is 1.81. The van der Waals surface area contributed by atoms with Crippen molar-refractivity contribution in [3.05, 3.63) is 11.9 Å². The Balaban J connectivity index is 2.05. The molecular formula is C12H20N4S. The van der Waals surface area contributed by atoms with Crippen molar-refractivity contribution in [2.24, 2.45) is 0 Å². The van der Waals surface area contributed by atoms with Crippen LogP contribution >= 0.6 is 11.8 Å². The molecule has 0 atom stereocenters. The summed E-state index contributed by atoms with van der Waals surface area (Å²) < 4.78 is 0.428. The van der Waals surface area contributed by atoms with Gasteiger partial charge in [-0.15, -0.1) is 0 Å². The van der Waals surface area contributed by atoms with Gasteiger partial charge in [-0.05, 0) is 19.1 Å². The van der Waals surface area contributed by atoms with Crippen LogP contribution in [0.2, 0.25) is 0 Å². The molecule has 0 unspecified atom stereocenters. The average Bonchev–Trinajstić information content (AvgIpc) is 3.06. The van der Waals surface area contributed by atoms with Gasteiger partial charge in [-0.1, -0.05) is 13.8 Å². The first kappa shape index (κ1) is 12.5. The van der Waals surface area contributed by atoms with Gasteiger partial charge in [-0.25, -0.2) is 9.97 Å². The fourth-order valence-electron chi connectivity index (χ4n) is 1.68. The number of hydrogen-bond donors (Lipinski definition) is 2. The minimum Gasteiger partial charge on any atom is -0.384 e. The molecule has 1 saturated carbocycles. The van der Waals surface area contributed by atoms with Crippen LogP contribution in [0.15, 0.2) is 6.07 Å². The van der Waals surface area contributed by atoms with E-state index in [4.69, 9.17) is 5.73 Å². The molecule has 0 aromatic carbocycles. The summed E-state index contributed by atoms with van der Waals surface area (Å²) in [5, 5.41) is 3.38. The van der Waals surface area contributed by atoms with E-state index in [9.17, 15) is 0 Å². The van der Waals surface area contributed by atoms with Gasteiger partial charge in [-0.3, -0.25) is 0 Å². The Hall–Kier alpha value is -0.970. The van der Waals surface area contributed by atoms with Gasteiger partial charge in [0, 0.05) is 23.3 Å². The predicted octanol–water partition coefficient (Wildman–Crippen LogP) is 2.49. The molecule has 2 rings (SSSR count). The molecule has 1 aromatic rings. The molecule has 1 aliphatic carbocycles. The van der Waals surface area contributed by atoms with Crippen LogP contribution in [0.5, 0.6) is 0 Å². The zero-order valence-corrected chi connectivity index (χ0v) is 11.5. The summed E-state index contributed by atoms with van der Waals surface area (Å²) >= 11 is 1.93. The number of nitrogens with zero attached hydrogens (tertiary/aromatic N) is 2. The Bertz CT molecular complexity index is 401. The smallest absolute Gasteiger partial charge is 0.135 e. The van der Waals surface area contributed by atoms with E-state index in [1.807, 2.05) is 17.8 Å². The van der Waals surface area contributed by atoms with Gasteiger partial charge in [0.25, 0.3) is 0 Å². The zero-order chi connectivity index (χ0) is 12.5. The van der Waals surface area contributed by atoms with E-state index in [1.54, 1.807) is 0 Å². The third kappa shape index (κ3) is 3.03. The molecule has 0 bridgehead atoms. The second-order valence-corrected chi connectivity index (χ2v) is 6.21. The van der Waals surface area contributed by atoms with Crippen molar-refractivity contribution in [1.82, 2.24) is 9.97 Å². The van der Waals surface area contributed by atoms with Crippen molar-refractivity contribution in [3.63, 3.8) is 0 Å².